The number of aliphatic carboxylic acids is 1. The van der Waals surface area contributed by atoms with E-state index in [2.05, 4.69) is 4.74 Å². The molecule has 0 aliphatic rings. The summed E-state index contributed by atoms with van der Waals surface area (Å²) in [4.78, 5) is 21.4. The maximum absolute atomic E-state index is 13.0. The maximum atomic E-state index is 13.0. The molecule has 1 aromatic carbocycles. The molecule has 92 valence electrons. The molecular weight excluding hydrogens is 273 g/mol. The number of hydrogen-bond acceptors (Lipinski definition) is 4. The minimum atomic E-state index is -4.08. The first-order valence-electron chi connectivity index (χ1n) is 4.76. The van der Waals surface area contributed by atoms with E-state index < -0.39 is 23.4 Å². The first-order chi connectivity index (χ1) is 7.89. The van der Waals surface area contributed by atoms with Gasteiger partial charge in [0.1, 0.15) is 5.97 Å². The van der Waals surface area contributed by atoms with Crippen LogP contribution >= 0.6 is 0 Å². The Bertz CT molecular complexity index is 431. The van der Waals surface area contributed by atoms with Crippen molar-refractivity contribution in [3.63, 3.8) is 0 Å². The number of carbonyl (C=O) groups is 2. The Labute approximate surface area is 145 Å². The van der Waals surface area contributed by atoms with E-state index in [1.165, 1.54) is 0 Å². The Morgan fingerprint density at radius 2 is 1.78 bits per heavy atom. The number of carboxylic acids is 1. The number of rotatable bonds is 4. The van der Waals surface area contributed by atoms with Crippen LogP contribution in [0.4, 0.5) is 8.78 Å². The van der Waals surface area contributed by atoms with E-state index in [9.17, 15) is 23.5 Å². The summed E-state index contributed by atoms with van der Waals surface area (Å²) in [6.07, 6.45) is 0. The van der Waals surface area contributed by atoms with Gasteiger partial charge in [-0.25, -0.2) is 4.79 Å². The molecule has 4 nitrogen and oxygen atoms in total. The van der Waals surface area contributed by atoms with Gasteiger partial charge in [0.15, 0.2) is 0 Å². The van der Waals surface area contributed by atoms with Crippen LogP contribution in [0.15, 0.2) is 24.3 Å². The van der Waals surface area contributed by atoms with Crippen LogP contribution < -0.4 is 56.5 Å². The SMILES string of the molecule is CCOC(=O)c1ccc(C(F)(F)C(=O)[O-])cc1.[K+]. The molecule has 0 N–H and O–H groups in total. The molecule has 0 unspecified atom stereocenters. The van der Waals surface area contributed by atoms with Crippen molar-refractivity contribution in [1.82, 2.24) is 0 Å². The van der Waals surface area contributed by atoms with Crippen molar-refractivity contribution >= 4 is 11.9 Å². The van der Waals surface area contributed by atoms with Crippen molar-refractivity contribution in [3.8, 4) is 0 Å². The predicted molar refractivity (Wildman–Crippen MR) is 51.3 cm³/mol. The van der Waals surface area contributed by atoms with Crippen molar-refractivity contribution < 1.29 is 79.6 Å². The van der Waals surface area contributed by atoms with E-state index in [4.69, 9.17) is 0 Å². The average molecular weight is 282 g/mol. The van der Waals surface area contributed by atoms with Gasteiger partial charge in [-0.1, -0.05) is 12.1 Å². The van der Waals surface area contributed by atoms with Crippen molar-refractivity contribution in [2.75, 3.05) is 6.61 Å². The quantitative estimate of drug-likeness (QED) is 0.460. The molecule has 0 heterocycles. The Balaban J connectivity index is 0.00000289. The molecule has 0 bridgehead atoms. The fourth-order valence-electron chi connectivity index (χ4n) is 1.15. The summed E-state index contributed by atoms with van der Waals surface area (Å²) in [5.41, 5.74) is -0.671. The zero-order chi connectivity index (χ0) is 13.1. The minimum Gasteiger partial charge on any atom is -0.544 e. The molecule has 0 saturated heterocycles. The summed E-state index contributed by atoms with van der Waals surface area (Å²) in [5, 5.41) is 10.2. The van der Waals surface area contributed by atoms with Gasteiger partial charge in [0.2, 0.25) is 0 Å². The fraction of sp³-hybridized carbons (Fsp3) is 0.273. The van der Waals surface area contributed by atoms with Crippen molar-refractivity contribution in [1.29, 1.82) is 0 Å². The molecular formula is C11H9F2KO4. The molecule has 0 fully saturated rings. The summed E-state index contributed by atoms with van der Waals surface area (Å²) >= 11 is 0. The summed E-state index contributed by atoms with van der Waals surface area (Å²) in [7, 11) is 0. The topological polar surface area (TPSA) is 66.4 Å². The van der Waals surface area contributed by atoms with Gasteiger partial charge in [0.05, 0.1) is 12.2 Å². The number of carboxylic acid groups (broad SMARTS) is 1. The normalized spacial score (nSPS) is 10.4. The molecule has 0 radical (unpaired) electrons. The molecule has 0 aliphatic heterocycles. The van der Waals surface area contributed by atoms with Crippen LogP contribution in [-0.4, -0.2) is 18.5 Å². The van der Waals surface area contributed by atoms with Crippen molar-refractivity contribution in [2.24, 2.45) is 0 Å². The smallest absolute Gasteiger partial charge is 0.544 e. The standard InChI is InChI=1S/C11H10F2O4.K/c1-2-17-9(14)7-3-5-8(6-4-7)11(12,13)10(15)16;/h3-6H,2H2,1H3,(H,15,16);/q;+1/p-1. The van der Waals surface area contributed by atoms with E-state index >= 15 is 0 Å². The Morgan fingerprint density at radius 1 is 1.28 bits per heavy atom. The molecule has 0 atom stereocenters. The van der Waals surface area contributed by atoms with Crippen LogP contribution in [0, 0.1) is 0 Å². The van der Waals surface area contributed by atoms with E-state index in [1.54, 1.807) is 6.92 Å². The van der Waals surface area contributed by atoms with Gasteiger partial charge in [-0.15, -0.1) is 0 Å². The number of esters is 1. The molecule has 7 heteroatoms. The number of carbonyl (C=O) groups excluding carboxylic acids is 2. The van der Waals surface area contributed by atoms with E-state index in [-0.39, 0.29) is 63.6 Å². The second-order valence-corrected chi connectivity index (χ2v) is 3.16. The van der Waals surface area contributed by atoms with Crippen molar-refractivity contribution in [2.45, 2.75) is 12.8 Å². The monoisotopic (exact) mass is 282 g/mol. The largest absolute Gasteiger partial charge is 1.00 e. The Kier molecular flexibility index (Phi) is 7.16. The van der Waals surface area contributed by atoms with Gasteiger partial charge < -0.3 is 14.6 Å². The number of hydrogen-bond donors (Lipinski definition) is 0. The first kappa shape index (κ1) is 17.7. The van der Waals surface area contributed by atoms with Crippen molar-refractivity contribution in [3.05, 3.63) is 35.4 Å². The summed E-state index contributed by atoms with van der Waals surface area (Å²) < 4.78 is 30.6. The molecule has 1 rings (SSSR count). The van der Waals surface area contributed by atoms with Gasteiger partial charge in [-0.05, 0) is 19.1 Å². The maximum Gasteiger partial charge on any atom is 1.00 e. The molecule has 0 amide bonds. The Hall–Kier alpha value is -0.344. The third-order valence-electron chi connectivity index (χ3n) is 2.01. The number of alkyl halides is 2. The molecule has 1 aromatic rings. The molecule has 0 aliphatic carbocycles. The predicted octanol–water partition coefficient (Wildman–Crippen LogP) is -2.29. The second-order valence-electron chi connectivity index (χ2n) is 3.16. The first-order valence-corrected chi connectivity index (χ1v) is 4.76. The van der Waals surface area contributed by atoms with Crippen LogP contribution in [0.5, 0.6) is 0 Å². The minimum absolute atomic E-state index is 0. The van der Waals surface area contributed by atoms with Crippen LogP contribution in [-0.2, 0) is 15.5 Å². The zero-order valence-electron chi connectivity index (χ0n) is 9.91. The molecule has 18 heavy (non-hydrogen) atoms. The van der Waals surface area contributed by atoms with E-state index in [0.717, 1.165) is 24.3 Å². The van der Waals surface area contributed by atoms with Gasteiger partial charge in [0, 0.05) is 5.56 Å². The average Bonchev–Trinajstić information content (AvgIpc) is 2.29. The number of halogens is 2. The summed E-state index contributed by atoms with van der Waals surface area (Å²) in [5.74, 6) is -7.22. The second kappa shape index (κ2) is 7.30. The van der Waals surface area contributed by atoms with Gasteiger partial charge in [-0.3, -0.25) is 0 Å². The summed E-state index contributed by atoms with van der Waals surface area (Å²) in [6, 6.07) is 3.85. The van der Waals surface area contributed by atoms with Gasteiger partial charge in [-0.2, -0.15) is 8.78 Å². The van der Waals surface area contributed by atoms with Crippen LogP contribution in [0.1, 0.15) is 22.8 Å². The number of benzene rings is 1. The zero-order valence-corrected chi connectivity index (χ0v) is 13.0. The summed E-state index contributed by atoms with van der Waals surface area (Å²) in [6.45, 7) is 1.77. The van der Waals surface area contributed by atoms with Crippen LogP contribution in [0.3, 0.4) is 0 Å². The fourth-order valence-corrected chi connectivity index (χ4v) is 1.15. The molecule has 0 spiro atoms. The molecule has 0 saturated carbocycles. The van der Waals surface area contributed by atoms with E-state index in [1.807, 2.05) is 0 Å². The van der Waals surface area contributed by atoms with Gasteiger partial charge >= 0.3 is 63.3 Å². The Morgan fingerprint density at radius 3 is 2.17 bits per heavy atom. The van der Waals surface area contributed by atoms with Gasteiger partial charge in [0.25, 0.3) is 0 Å². The third kappa shape index (κ3) is 4.10. The molecule has 0 aromatic heterocycles. The van der Waals surface area contributed by atoms with E-state index in [0.29, 0.717) is 0 Å². The van der Waals surface area contributed by atoms with Crippen LogP contribution in [0.25, 0.3) is 0 Å². The third-order valence-corrected chi connectivity index (χ3v) is 2.01. The number of ether oxygens (including phenoxy) is 1. The van der Waals surface area contributed by atoms with Crippen LogP contribution in [0.2, 0.25) is 0 Å².